The Morgan fingerprint density at radius 1 is 0.955 bits per heavy atom. The monoisotopic (exact) mass is 603 g/mol. The first-order valence-electron chi connectivity index (χ1n) is 13.8. The Labute approximate surface area is 257 Å². The molecular weight excluding hydrogens is 574 g/mol. The van der Waals surface area contributed by atoms with Crippen molar-refractivity contribution in [1.82, 2.24) is 24.4 Å². The molecule has 44 heavy (non-hydrogen) atoms. The number of aryl methyl sites for hydroxylation is 1. The number of para-hydroxylation sites is 1. The first-order chi connectivity index (χ1) is 21.5. The summed E-state index contributed by atoms with van der Waals surface area (Å²) in [6.07, 6.45) is 9.11. The fourth-order valence-electron chi connectivity index (χ4n) is 4.75. The van der Waals surface area contributed by atoms with Crippen LogP contribution in [0.5, 0.6) is 17.2 Å². The van der Waals surface area contributed by atoms with Crippen molar-refractivity contribution in [2.24, 2.45) is 0 Å². The molecule has 0 fully saturated rings. The van der Waals surface area contributed by atoms with E-state index in [1.807, 2.05) is 96.7 Å². The number of ether oxygens (including phenoxy) is 3. The van der Waals surface area contributed by atoms with Gasteiger partial charge in [0.05, 0.1) is 24.4 Å². The van der Waals surface area contributed by atoms with Gasteiger partial charge in [0.2, 0.25) is 4.96 Å². The van der Waals surface area contributed by atoms with Crippen LogP contribution in [0.25, 0.3) is 40.1 Å². The van der Waals surface area contributed by atoms with Gasteiger partial charge in [-0.3, -0.25) is 4.79 Å². The lowest BCUT2D eigenvalue weighted by Crippen LogP contribution is -2.23. The third kappa shape index (κ3) is 5.75. The van der Waals surface area contributed by atoms with Crippen LogP contribution in [0.3, 0.4) is 0 Å². The molecule has 3 heterocycles. The summed E-state index contributed by atoms with van der Waals surface area (Å²) in [4.78, 5) is 18.5. The highest BCUT2D eigenvalue weighted by molar-refractivity contribution is 7.15. The number of aromatic nitrogens is 5. The van der Waals surface area contributed by atoms with Gasteiger partial charge in [-0.1, -0.05) is 54.3 Å². The third-order valence-electron chi connectivity index (χ3n) is 6.90. The number of benzene rings is 3. The van der Waals surface area contributed by atoms with Crippen LogP contribution in [0.4, 0.5) is 0 Å². The summed E-state index contributed by atoms with van der Waals surface area (Å²) in [6, 6.07) is 21.3. The molecule has 0 saturated heterocycles. The molecular formula is C34H29N5O4S. The van der Waals surface area contributed by atoms with Crippen molar-refractivity contribution < 1.29 is 14.2 Å². The van der Waals surface area contributed by atoms with E-state index in [-0.39, 0.29) is 5.56 Å². The van der Waals surface area contributed by atoms with Crippen LogP contribution < -0.4 is 24.3 Å². The molecule has 0 aliphatic carbocycles. The summed E-state index contributed by atoms with van der Waals surface area (Å²) in [5.74, 6) is 2.45. The minimum Gasteiger partial charge on any atom is -0.493 e. The molecule has 3 aromatic carbocycles. The molecule has 0 aliphatic heterocycles. The molecule has 3 aromatic heterocycles. The van der Waals surface area contributed by atoms with Gasteiger partial charge in [0.15, 0.2) is 17.3 Å². The predicted octanol–water partition coefficient (Wildman–Crippen LogP) is 5.61. The zero-order chi connectivity index (χ0) is 30.6. The van der Waals surface area contributed by atoms with E-state index in [4.69, 9.17) is 19.3 Å². The maximum Gasteiger partial charge on any atom is 0.291 e. The molecule has 0 N–H and O–H groups in total. The molecule has 0 saturated carbocycles. The number of nitrogens with zero attached hydrogens (tertiary/aromatic N) is 5. The van der Waals surface area contributed by atoms with Crippen LogP contribution in [-0.4, -0.2) is 45.2 Å². The summed E-state index contributed by atoms with van der Waals surface area (Å²) in [5.41, 5.74) is 5.03. The van der Waals surface area contributed by atoms with Crippen molar-refractivity contribution in [2.45, 2.75) is 6.92 Å². The number of hydrogen-bond donors (Lipinski definition) is 0. The summed E-state index contributed by atoms with van der Waals surface area (Å²) in [5, 5.41) is 9.37. The minimum atomic E-state index is -0.244. The van der Waals surface area contributed by atoms with Gasteiger partial charge >= 0.3 is 0 Å². The lowest BCUT2D eigenvalue weighted by molar-refractivity contribution is 0.355. The van der Waals surface area contributed by atoms with E-state index in [1.54, 1.807) is 26.4 Å². The van der Waals surface area contributed by atoms with Gasteiger partial charge in [0.1, 0.15) is 18.1 Å². The van der Waals surface area contributed by atoms with E-state index < -0.39 is 0 Å². The van der Waals surface area contributed by atoms with Gasteiger partial charge in [-0.15, -0.1) is 5.10 Å². The largest absolute Gasteiger partial charge is 0.493 e. The lowest BCUT2D eigenvalue weighted by atomic mass is 10.0. The van der Waals surface area contributed by atoms with E-state index in [0.29, 0.717) is 33.4 Å². The number of thiazole rings is 1. The second-order valence-electron chi connectivity index (χ2n) is 9.82. The maximum atomic E-state index is 13.4. The summed E-state index contributed by atoms with van der Waals surface area (Å²) in [7, 11) is 3.19. The van der Waals surface area contributed by atoms with Crippen molar-refractivity contribution in [3.05, 3.63) is 123 Å². The number of fused-ring (bicyclic) bond motifs is 1. The molecule has 0 aliphatic rings. The van der Waals surface area contributed by atoms with E-state index in [0.717, 1.165) is 39.4 Å². The van der Waals surface area contributed by atoms with E-state index in [2.05, 4.69) is 16.7 Å². The van der Waals surface area contributed by atoms with Gasteiger partial charge in [0, 0.05) is 17.3 Å². The van der Waals surface area contributed by atoms with Crippen LogP contribution in [0.1, 0.15) is 22.5 Å². The molecule has 6 aromatic rings. The molecule has 0 radical (unpaired) electrons. The first kappa shape index (κ1) is 28.6. The molecule has 9 nitrogen and oxygen atoms in total. The number of methoxy groups -OCH3 is 2. The van der Waals surface area contributed by atoms with Gasteiger partial charge in [-0.05, 0) is 72.7 Å². The van der Waals surface area contributed by atoms with Gasteiger partial charge in [-0.2, -0.15) is 14.6 Å². The normalized spacial score (nSPS) is 11.8. The molecule has 6 rings (SSSR count). The van der Waals surface area contributed by atoms with E-state index in [9.17, 15) is 4.79 Å². The Balaban J connectivity index is 1.37. The molecule has 10 heteroatoms. The predicted molar refractivity (Wildman–Crippen MR) is 174 cm³/mol. The zero-order valence-corrected chi connectivity index (χ0v) is 25.2. The average molecular weight is 604 g/mol. The van der Waals surface area contributed by atoms with Gasteiger partial charge in [-0.25, -0.2) is 4.68 Å². The Morgan fingerprint density at radius 3 is 2.50 bits per heavy atom. The first-order valence-corrected chi connectivity index (χ1v) is 14.6. The van der Waals surface area contributed by atoms with Crippen LogP contribution in [0.15, 0.2) is 90.4 Å². The highest BCUT2D eigenvalue weighted by Crippen LogP contribution is 2.30. The molecule has 0 unspecified atom stereocenters. The second kappa shape index (κ2) is 12.4. The highest BCUT2D eigenvalue weighted by Gasteiger charge is 2.16. The number of hydrogen-bond acceptors (Lipinski definition) is 8. The molecule has 0 amide bonds. The van der Waals surface area contributed by atoms with Gasteiger partial charge < -0.3 is 14.2 Å². The van der Waals surface area contributed by atoms with Crippen LogP contribution >= 0.6 is 11.3 Å². The van der Waals surface area contributed by atoms with E-state index >= 15 is 0 Å². The highest BCUT2D eigenvalue weighted by atomic mass is 32.1. The van der Waals surface area contributed by atoms with Crippen molar-refractivity contribution in [3.63, 3.8) is 0 Å². The zero-order valence-electron chi connectivity index (χ0n) is 24.4. The molecule has 220 valence electrons. The number of rotatable bonds is 10. The molecule has 0 spiro atoms. The second-order valence-corrected chi connectivity index (χ2v) is 10.8. The van der Waals surface area contributed by atoms with Crippen molar-refractivity contribution in [2.75, 3.05) is 20.8 Å². The SMILES string of the molecule is C=CCOc1ccc(-c2nn(-c3ccccc3)cc2/C=c2\sc3nc(/C=C/c4ccc(OC)c(OC)c4)nn3c2=O)c(C)c1. The van der Waals surface area contributed by atoms with Gasteiger partial charge in [0.25, 0.3) is 5.56 Å². The van der Waals surface area contributed by atoms with Crippen molar-refractivity contribution >= 4 is 34.5 Å². The van der Waals surface area contributed by atoms with Crippen molar-refractivity contribution in [1.29, 1.82) is 0 Å². The summed E-state index contributed by atoms with van der Waals surface area (Å²) in [6.45, 7) is 6.15. The molecule has 0 atom stereocenters. The lowest BCUT2D eigenvalue weighted by Gasteiger charge is -2.08. The Hall–Kier alpha value is -5.48. The Morgan fingerprint density at radius 2 is 1.77 bits per heavy atom. The maximum absolute atomic E-state index is 13.4. The Kier molecular flexibility index (Phi) is 8.07. The summed E-state index contributed by atoms with van der Waals surface area (Å²) < 4.78 is 20.1. The van der Waals surface area contributed by atoms with Crippen LogP contribution in [0, 0.1) is 6.92 Å². The Bertz CT molecular complexity index is 2110. The van der Waals surface area contributed by atoms with E-state index in [1.165, 1.54) is 15.9 Å². The van der Waals surface area contributed by atoms with Crippen LogP contribution in [0.2, 0.25) is 0 Å². The summed E-state index contributed by atoms with van der Waals surface area (Å²) >= 11 is 1.28. The van der Waals surface area contributed by atoms with Crippen molar-refractivity contribution in [3.8, 4) is 34.2 Å². The molecule has 0 bridgehead atoms. The smallest absolute Gasteiger partial charge is 0.291 e. The van der Waals surface area contributed by atoms with Crippen LogP contribution in [-0.2, 0) is 0 Å². The minimum absolute atomic E-state index is 0.244. The standard InChI is InChI=1S/C34H29N5O4S/c1-5-17-43-26-13-14-27(22(2)18-26)32-24(21-38(37-32)25-9-7-6-8-10-25)20-30-33(40)39-34(44-30)35-31(36-39)16-12-23-11-15-28(41-3)29(19-23)42-4/h5-16,18-21H,1,17H2,2-4H3/b16-12+,30-20-. The fourth-order valence-corrected chi connectivity index (χ4v) is 5.66. The topological polar surface area (TPSA) is 92.8 Å². The third-order valence-corrected chi connectivity index (χ3v) is 7.86. The quantitative estimate of drug-likeness (QED) is 0.188. The fraction of sp³-hybridized carbons (Fsp3) is 0.118. The average Bonchev–Trinajstić information content (AvgIpc) is 3.73.